The Kier molecular flexibility index (Phi) is 21.8. The van der Waals surface area contributed by atoms with E-state index >= 15 is 0 Å². The Labute approximate surface area is 119 Å². The molecule has 0 unspecified atom stereocenters. The van der Waals surface area contributed by atoms with Crippen molar-refractivity contribution in [2.75, 3.05) is 0 Å². The molecule has 0 aromatic heterocycles. The molecule has 10 heteroatoms. The Morgan fingerprint density at radius 3 is 1.38 bits per heavy atom. The molecule has 0 radical (unpaired) electrons. The van der Waals surface area contributed by atoms with Crippen molar-refractivity contribution in [3.8, 4) is 0 Å². The molecule has 0 aliphatic rings. The van der Waals surface area contributed by atoms with Crippen LogP contribution < -0.4 is 68.9 Å². The predicted molar refractivity (Wildman–Crippen MR) is 28.7 cm³/mol. The van der Waals surface area contributed by atoms with E-state index in [1.165, 1.54) is 0 Å². The van der Waals surface area contributed by atoms with Crippen LogP contribution in [0.15, 0.2) is 0 Å². The fourth-order valence-electron chi connectivity index (χ4n) is 0. The van der Waals surface area contributed by atoms with Gasteiger partial charge in [-0.1, -0.05) is 0 Å². The molecular formula is C3H7Na2O7P. The average Bonchev–Trinajstić information content (AvgIpc) is 1.59. The van der Waals surface area contributed by atoms with Gasteiger partial charge in [-0.05, 0) is 6.92 Å². The number of ketones is 1. The van der Waals surface area contributed by atoms with Crippen LogP contribution in [-0.4, -0.2) is 27.2 Å². The van der Waals surface area contributed by atoms with Gasteiger partial charge in [0.15, 0.2) is 5.78 Å². The maximum atomic E-state index is 9.64. The van der Waals surface area contributed by atoms with Gasteiger partial charge < -0.3 is 29.5 Å². The zero-order valence-electron chi connectivity index (χ0n) is 7.50. The van der Waals surface area contributed by atoms with Gasteiger partial charge in [0.1, 0.15) is 0 Å². The van der Waals surface area contributed by atoms with E-state index in [9.17, 15) is 4.79 Å². The van der Waals surface area contributed by atoms with E-state index in [0.717, 1.165) is 6.92 Å². The number of phosphoric acid groups is 1. The molecule has 0 saturated carbocycles. The number of hydrogen-bond donors (Lipinski definition) is 3. The maximum absolute atomic E-state index is 9.64. The average molecular weight is 232 g/mol. The first-order valence-corrected chi connectivity index (χ1v) is 3.75. The van der Waals surface area contributed by atoms with Crippen molar-refractivity contribution in [1.29, 1.82) is 0 Å². The second-order valence-electron chi connectivity index (χ2n) is 1.45. The van der Waals surface area contributed by atoms with Crippen molar-refractivity contribution in [2.45, 2.75) is 13.2 Å². The summed E-state index contributed by atoms with van der Waals surface area (Å²) in [7, 11) is -5.14. The molecule has 0 bridgehead atoms. The third-order valence-electron chi connectivity index (χ3n) is 0.364. The molecule has 0 aromatic rings. The van der Waals surface area contributed by atoms with E-state index < -0.39 is 19.9 Å². The monoisotopic (exact) mass is 232 g/mol. The summed E-state index contributed by atoms with van der Waals surface area (Å²) < 4.78 is 8.66. The topological polar surface area (TPSA) is 141 Å². The fraction of sp³-hybridized carbons (Fsp3) is 0.667. The zero-order valence-corrected chi connectivity index (χ0v) is 12.4. The first kappa shape index (κ1) is 24.1. The standard InChI is InChI=1S/C3H6O3.2Na.H3O4P/c1-2(4)3(5)6;;;1-5(2,3)4/h3,5-6H,1H3;;;(H3,1,2,3,4)/q;2*+1;/p-2. The van der Waals surface area contributed by atoms with E-state index in [1.807, 2.05) is 0 Å². The maximum Gasteiger partial charge on any atom is 1.00 e. The molecule has 3 N–H and O–H groups in total. The molecule has 7 nitrogen and oxygen atoms in total. The van der Waals surface area contributed by atoms with Gasteiger partial charge in [0.2, 0.25) is 6.29 Å². The van der Waals surface area contributed by atoms with E-state index in [-0.39, 0.29) is 59.1 Å². The van der Waals surface area contributed by atoms with Gasteiger partial charge in [-0.2, -0.15) is 0 Å². The number of rotatable bonds is 1. The molecule has 0 rings (SSSR count). The van der Waals surface area contributed by atoms with E-state index in [1.54, 1.807) is 0 Å². The minimum Gasteiger partial charge on any atom is -0.790 e. The van der Waals surface area contributed by atoms with Crippen LogP contribution in [0.3, 0.4) is 0 Å². The third kappa shape index (κ3) is 57.7. The van der Waals surface area contributed by atoms with Crippen molar-refractivity contribution in [1.82, 2.24) is 0 Å². The molecule has 0 aromatic carbocycles. The number of hydrogen-bond acceptors (Lipinski definition) is 6. The van der Waals surface area contributed by atoms with Gasteiger partial charge >= 0.3 is 59.1 Å². The van der Waals surface area contributed by atoms with Gasteiger partial charge in [0.25, 0.3) is 0 Å². The Bertz CT molecular complexity index is 157. The largest absolute Gasteiger partial charge is 1.00 e. The van der Waals surface area contributed by atoms with Crippen LogP contribution in [0.1, 0.15) is 6.92 Å². The number of Topliss-reactive ketones (excluding diaryl/α,β-unsaturated/α-hetero) is 1. The van der Waals surface area contributed by atoms with Gasteiger partial charge in [-0.25, -0.2) is 0 Å². The SMILES string of the molecule is CC(=O)C(O)O.O=P([O-])([O-])O.[Na+].[Na+]. The Balaban J connectivity index is -0.0000000546. The summed E-state index contributed by atoms with van der Waals surface area (Å²) in [6.07, 6.45) is -1.79. The van der Waals surface area contributed by atoms with Crippen LogP contribution in [0.4, 0.5) is 0 Å². The third-order valence-corrected chi connectivity index (χ3v) is 0.364. The molecule has 0 atom stereocenters. The minimum absolute atomic E-state index is 0. The quantitative estimate of drug-likeness (QED) is 0.231. The van der Waals surface area contributed by atoms with Gasteiger partial charge in [0.05, 0.1) is 7.82 Å². The molecule has 0 aliphatic heterocycles. The second kappa shape index (κ2) is 11.8. The molecule has 13 heavy (non-hydrogen) atoms. The summed E-state index contributed by atoms with van der Waals surface area (Å²) in [4.78, 5) is 33.9. The summed E-state index contributed by atoms with van der Waals surface area (Å²) in [5, 5.41) is 15.7. The van der Waals surface area contributed by atoms with Gasteiger partial charge in [-0.15, -0.1) is 0 Å². The zero-order chi connectivity index (χ0) is 9.65. The molecule has 68 valence electrons. The molecular weight excluding hydrogens is 225 g/mol. The normalized spacial score (nSPS) is 8.85. The molecule has 0 amide bonds. The number of aliphatic hydroxyl groups is 2. The van der Waals surface area contributed by atoms with E-state index in [2.05, 4.69) is 0 Å². The summed E-state index contributed by atoms with van der Waals surface area (Å²) >= 11 is 0. The Morgan fingerprint density at radius 2 is 1.38 bits per heavy atom. The number of aliphatic hydroxyl groups excluding tert-OH is 1. The van der Waals surface area contributed by atoms with Crippen LogP contribution in [-0.2, 0) is 9.36 Å². The van der Waals surface area contributed by atoms with E-state index in [0.29, 0.717) is 0 Å². The fourth-order valence-corrected chi connectivity index (χ4v) is 0. The number of carbonyl (C=O) groups is 1. The predicted octanol–water partition coefficient (Wildman–Crippen LogP) is -9.30. The molecule has 0 spiro atoms. The minimum atomic E-state index is -5.14. The van der Waals surface area contributed by atoms with Gasteiger partial charge in [0, 0.05) is 0 Å². The van der Waals surface area contributed by atoms with Crippen molar-refractivity contribution in [3.63, 3.8) is 0 Å². The van der Waals surface area contributed by atoms with Crippen molar-refractivity contribution < 1.29 is 93.4 Å². The number of carbonyl (C=O) groups excluding carboxylic acids is 1. The van der Waals surface area contributed by atoms with Crippen molar-refractivity contribution >= 4 is 13.6 Å². The Hall–Kier alpha value is 1.70. The van der Waals surface area contributed by atoms with Crippen LogP contribution in [0.25, 0.3) is 0 Å². The van der Waals surface area contributed by atoms with Crippen LogP contribution in [0, 0.1) is 0 Å². The van der Waals surface area contributed by atoms with E-state index in [4.69, 9.17) is 29.5 Å². The molecule has 0 saturated heterocycles. The summed E-state index contributed by atoms with van der Waals surface area (Å²) in [6, 6.07) is 0. The smallest absolute Gasteiger partial charge is 0.790 e. The molecule has 0 heterocycles. The summed E-state index contributed by atoms with van der Waals surface area (Å²) in [5.41, 5.74) is 0. The van der Waals surface area contributed by atoms with Crippen LogP contribution in [0.2, 0.25) is 0 Å². The van der Waals surface area contributed by atoms with Gasteiger partial charge in [-0.3, -0.25) is 4.79 Å². The van der Waals surface area contributed by atoms with Crippen LogP contribution in [0.5, 0.6) is 0 Å². The van der Waals surface area contributed by atoms with Crippen molar-refractivity contribution in [2.24, 2.45) is 0 Å². The van der Waals surface area contributed by atoms with Crippen LogP contribution >= 0.6 is 7.82 Å². The first-order chi connectivity index (χ1) is 4.64. The summed E-state index contributed by atoms with van der Waals surface area (Å²) in [5.74, 6) is -0.630. The molecule has 0 fully saturated rings. The van der Waals surface area contributed by atoms with Crippen molar-refractivity contribution in [3.05, 3.63) is 0 Å². The first-order valence-electron chi connectivity index (χ1n) is 2.26. The summed E-state index contributed by atoms with van der Waals surface area (Å²) in [6.45, 7) is 1.10. The Morgan fingerprint density at radius 1 is 1.31 bits per heavy atom. The molecule has 0 aliphatic carbocycles. The second-order valence-corrected chi connectivity index (χ2v) is 2.39.